The van der Waals surface area contributed by atoms with Crippen molar-refractivity contribution in [3.05, 3.63) is 70.1 Å². The molecule has 0 bridgehead atoms. The molecule has 3 aromatic rings. The van der Waals surface area contributed by atoms with Crippen LogP contribution in [-0.2, 0) is 21.4 Å². The van der Waals surface area contributed by atoms with Gasteiger partial charge in [-0.1, -0.05) is 48.9 Å². The van der Waals surface area contributed by atoms with E-state index in [1.165, 1.54) is 11.3 Å². The Bertz CT molecular complexity index is 1350. The number of carbonyl (C=O) groups is 2. The summed E-state index contributed by atoms with van der Waals surface area (Å²) in [6.45, 7) is 2.86. The van der Waals surface area contributed by atoms with Gasteiger partial charge in [-0.3, -0.25) is 9.59 Å². The van der Waals surface area contributed by atoms with Crippen LogP contribution in [0.4, 0.5) is 0 Å². The summed E-state index contributed by atoms with van der Waals surface area (Å²) in [4.78, 5) is 30.9. The first-order chi connectivity index (χ1) is 16.6. The summed E-state index contributed by atoms with van der Waals surface area (Å²) >= 11 is 7.66. The summed E-state index contributed by atoms with van der Waals surface area (Å²) in [7, 11) is -3.65. The number of amides is 2. The van der Waals surface area contributed by atoms with Gasteiger partial charge in [-0.2, -0.15) is 0 Å². The van der Waals surface area contributed by atoms with Crippen molar-refractivity contribution in [2.24, 2.45) is 5.14 Å². The van der Waals surface area contributed by atoms with Crippen LogP contribution in [0.1, 0.15) is 42.1 Å². The fraction of sp³-hybridized carbons (Fsp3) is 0.360. The van der Waals surface area contributed by atoms with Gasteiger partial charge in [0, 0.05) is 40.1 Å². The highest BCUT2D eigenvalue weighted by Crippen LogP contribution is 2.39. The van der Waals surface area contributed by atoms with Crippen molar-refractivity contribution in [3.8, 4) is 0 Å². The topological polar surface area (TPSA) is 101 Å². The number of sulfonamides is 1. The molecule has 1 unspecified atom stereocenters. The van der Waals surface area contributed by atoms with Gasteiger partial charge >= 0.3 is 0 Å². The molecule has 35 heavy (non-hydrogen) atoms. The van der Waals surface area contributed by atoms with Crippen LogP contribution in [0.2, 0.25) is 5.02 Å². The molecule has 0 spiro atoms. The third-order valence-electron chi connectivity index (χ3n) is 6.61. The van der Waals surface area contributed by atoms with Crippen molar-refractivity contribution in [2.75, 3.05) is 18.8 Å². The average Bonchev–Trinajstić information content (AvgIpc) is 3.22. The fourth-order valence-corrected chi connectivity index (χ4v) is 6.36. The molecule has 1 aliphatic heterocycles. The number of rotatable bonds is 9. The van der Waals surface area contributed by atoms with E-state index in [-0.39, 0.29) is 37.1 Å². The maximum Gasteiger partial charge on any atom is 0.256 e. The lowest BCUT2D eigenvalue weighted by molar-refractivity contribution is -0.151. The Morgan fingerprint density at radius 1 is 1.20 bits per heavy atom. The number of primary sulfonamides is 1. The first-order valence-electron chi connectivity index (χ1n) is 11.5. The number of fused-ring (bicyclic) bond motifs is 1. The Hall–Kier alpha value is -2.46. The number of halogens is 1. The average molecular weight is 534 g/mol. The Balaban J connectivity index is 1.61. The highest BCUT2D eigenvalue weighted by molar-refractivity contribution is 7.89. The van der Waals surface area contributed by atoms with Gasteiger partial charge in [-0.25, -0.2) is 13.6 Å². The Morgan fingerprint density at radius 2 is 1.97 bits per heavy atom. The largest absolute Gasteiger partial charge is 0.336 e. The SMILES string of the molecule is CCC1(C(=O)N(CCCS(N)(=O)=O)Cc2cccc(Cl)c2)CCN1C(=O)c1csc2ccccc12. The van der Waals surface area contributed by atoms with Crippen molar-refractivity contribution in [1.29, 1.82) is 0 Å². The van der Waals surface area contributed by atoms with E-state index in [9.17, 15) is 18.0 Å². The summed E-state index contributed by atoms with van der Waals surface area (Å²) < 4.78 is 24.0. The van der Waals surface area contributed by atoms with E-state index in [0.717, 1.165) is 15.6 Å². The summed E-state index contributed by atoms with van der Waals surface area (Å²) in [6.07, 6.45) is 1.21. The molecule has 0 radical (unpaired) electrons. The van der Waals surface area contributed by atoms with Gasteiger partial charge < -0.3 is 9.80 Å². The van der Waals surface area contributed by atoms with Gasteiger partial charge in [-0.15, -0.1) is 11.3 Å². The molecular formula is C25H28ClN3O4S2. The van der Waals surface area contributed by atoms with Crippen LogP contribution in [0.15, 0.2) is 53.9 Å². The molecule has 1 atom stereocenters. The Labute approximate surface area is 214 Å². The van der Waals surface area contributed by atoms with Gasteiger partial charge in [-0.05, 0) is 43.0 Å². The molecule has 4 rings (SSSR count). The molecule has 10 heteroatoms. The lowest BCUT2D eigenvalue weighted by Gasteiger charge is -2.52. The first-order valence-corrected chi connectivity index (χ1v) is 14.4. The van der Waals surface area contributed by atoms with Crippen LogP contribution in [-0.4, -0.2) is 54.4 Å². The number of likely N-dealkylation sites (tertiary alicyclic amines) is 1. The van der Waals surface area contributed by atoms with E-state index in [2.05, 4.69) is 0 Å². The van der Waals surface area contributed by atoms with Crippen LogP contribution in [0.5, 0.6) is 0 Å². The molecule has 2 heterocycles. The Morgan fingerprint density at radius 3 is 2.63 bits per heavy atom. The molecule has 2 aromatic carbocycles. The van der Waals surface area contributed by atoms with Gasteiger partial charge in [0.05, 0.1) is 11.3 Å². The third-order valence-corrected chi connectivity index (χ3v) is 8.67. The standard InChI is InChI=1S/C25H28ClN3O4S2/c1-2-25(11-13-29(25)23(30)21-17-34-22-10-4-3-9-20(21)22)24(31)28(12-6-14-35(27,32)33)16-18-7-5-8-19(26)15-18/h3-5,7-10,15,17H,2,6,11-14,16H2,1H3,(H2,27,32,33). The van der Waals surface area contributed by atoms with E-state index < -0.39 is 15.6 Å². The molecule has 2 N–H and O–H groups in total. The minimum Gasteiger partial charge on any atom is -0.336 e. The van der Waals surface area contributed by atoms with Crippen molar-refractivity contribution in [3.63, 3.8) is 0 Å². The molecule has 0 aliphatic carbocycles. The number of benzene rings is 2. The van der Waals surface area contributed by atoms with Crippen molar-refractivity contribution < 1.29 is 18.0 Å². The second-order valence-electron chi connectivity index (χ2n) is 8.81. The highest BCUT2D eigenvalue weighted by Gasteiger charge is 2.53. The second kappa shape index (κ2) is 10.3. The normalized spacial score (nSPS) is 17.9. The van der Waals surface area contributed by atoms with E-state index in [1.54, 1.807) is 28.0 Å². The van der Waals surface area contributed by atoms with E-state index in [0.29, 0.717) is 30.0 Å². The zero-order chi connectivity index (χ0) is 25.2. The lowest BCUT2D eigenvalue weighted by Crippen LogP contribution is -2.69. The molecule has 186 valence electrons. The maximum absolute atomic E-state index is 14.0. The quantitative estimate of drug-likeness (QED) is 0.444. The first kappa shape index (κ1) is 25.6. The molecule has 2 amide bonds. The van der Waals surface area contributed by atoms with Crippen LogP contribution >= 0.6 is 22.9 Å². The van der Waals surface area contributed by atoms with Crippen LogP contribution in [0, 0.1) is 0 Å². The van der Waals surface area contributed by atoms with Crippen molar-refractivity contribution >= 4 is 54.9 Å². The summed E-state index contributed by atoms with van der Waals surface area (Å²) in [5.41, 5.74) is 0.459. The van der Waals surface area contributed by atoms with Gasteiger partial charge in [0.1, 0.15) is 5.54 Å². The predicted molar refractivity (Wildman–Crippen MR) is 140 cm³/mol. The lowest BCUT2D eigenvalue weighted by atomic mass is 9.79. The number of nitrogens with zero attached hydrogens (tertiary/aromatic N) is 2. The summed E-state index contributed by atoms with van der Waals surface area (Å²) in [6, 6.07) is 14.9. The second-order valence-corrected chi connectivity index (χ2v) is 11.9. The zero-order valence-electron chi connectivity index (χ0n) is 19.4. The van der Waals surface area contributed by atoms with Gasteiger partial charge in [0.25, 0.3) is 5.91 Å². The minimum atomic E-state index is -3.65. The molecule has 1 aliphatic rings. The van der Waals surface area contributed by atoms with E-state index >= 15 is 0 Å². The third kappa shape index (κ3) is 5.38. The van der Waals surface area contributed by atoms with Crippen LogP contribution in [0.25, 0.3) is 10.1 Å². The molecular weight excluding hydrogens is 506 g/mol. The number of hydrogen-bond donors (Lipinski definition) is 1. The Kier molecular flexibility index (Phi) is 7.51. The number of hydrogen-bond acceptors (Lipinski definition) is 5. The van der Waals surface area contributed by atoms with Crippen LogP contribution in [0.3, 0.4) is 0 Å². The summed E-state index contributed by atoms with van der Waals surface area (Å²) in [5.74, 6) is -0.570. The smallest absolute Gasteiger partial charge is 0.256 e. The van der Waals surface area contributed by atoms with E-state index in [4.69, 9.17) is 16.7 Å². The molecule has 7 nitrogen and oxygen atoms in total. The van der Waals surface area contributed by atoms with Gasteiger partial charge in [0.2, 0.25) is 15.9 Å². The van der Waals surface area contributed by atoms with E-state index in [1.807, 2.05) is 42.6 Å². The van der Waals surface area contributed by atoms with Crippen molar-refractivity contribution in [1.82, 2.24) is 9.80 Å². The molecule has 1 aromatic heterocycles. The van der Waals surface area contributed by atoms with Gasteiger partial charge in [0.15, 0.2) is 0 Å². The monoisotopic (exact) mass is 533 g/mol. The zero-order valence-corrected chi connectivity index (χ0v) is 21.8. The molecule has 0 saturated carbocycles. The highest BCUT2D eigenvalue weighted by atomic mass is 35.5. The van der Waals surface area contributed by atoms with Crippen LogP contribution < -0.4 is 5.14 Å². The molecule has 1 saturated heterocycles. The number of carbonyl (C=O) groups excluding carboxylic acids is 2. The number of thiophene rings is 1. The molecule has 1 fully saturated rings. The summed E-state index contributed by atoms with van der Waals surface area (Å²) in [5, 5.41) is 8.47. The predicted octanol–water partition coefficient (Wildman–Crippen LogP) is 4.26. The van der Waals surface area contributed by atoms with Crippen molar-refractivity contribution in [2.45, 2.75) is 38.3 Å². The maximum atomic E-state index is 14.0. The minimum absolute atomic E-state index is 0.156. The fourth-order valence-electron chi connectivity index (χ4n) is 4.68. The number of nitrogens with two attached hydrogens (primary N) is 1.